The van der Waals surface area contributed by atoms with Crippen LogP contribution in [-0.2, 0) is 11.2 Å². The number of hydrogen-bond donors (Lipinski definition) is 1. The minimum absolute atomic E-state index is 0.200. The van der Waals surface area contributed by atoms with Crippen molar-refractivity contribution in [1.82, 2.24) is 0 Å². The Morgan fingerprint density at radius 2 is 1.88 bits per heavy atom. The molecule has 0 bridgehead atoms. The first-order valence-electron chi connectivity index (χ1n) is 7.55. The van der Waals surface area contributed by atoms with Crippen molar-refractivity contribution in [2.75, 3.05) is 5.32 Å². The Morgan fingerprint density at radius 3 is 2.71 bits per heavy atom. The molecular weight excluding hydrogens is 345 g/mol. The highest BCUT2D eigenvalue weighted by molar-refractivity contribution is 6.42. The van der Waals surface area contributed by atoms with E-state index in [1.54, 1.807) is 18.2 Å². The summed E-state index contributed by atoms with van der Waals surface area (Å²) in [5, 5.41) is 5.80. The molecule has 3 aromatic carbocycles. The van der Waals surface area contributed by atoms with Gasteiger partial charge in [-0.3, -0.25) is 4.79 Å². The molecule has 0 aromatic heterocycles. The lowest BCUT2D eigenvalue weighted by molar-refractivity contribution is -0.121. The van der Waals surface area contributed by atoms with Crippen LogP contribution in [0.1, 0.15) is 5.56 Å². The first-order valence-corrected chi connectivity index (χ1v) is 8.30. The van der Waals surface area contributed by atoms with E-state index in [4.69, 9.17) is 27.9 Å². The van der Waals surface area contributed by atoms with Crippen molar-refractivity contribution in [2.45, 2.75) is 12.5 Å². The third-order valence-electron chi connectivity index (χ3n) is 4.11. The summed E-state index contributed by atoms with van der Waals surface area (Å²) in [5.74, 6) is 0.594. The molecule has 1 aliphatic rings. The predicted molar refractivity (Wildman–Crippen MR) is 97.2 cm³/mol. The highest BCUT2D eigenvalue weighted by atomic mass is 35.5. The van der Waals surface area contributed by atoms with Crippen molar-refractivity contribution in [3.63, 3.8) is 0 Å². The van der Waals surface area contributed by atoms with E-state index in [0.29, 0.717) is 22.2 Å². The number of hydrogen-bond acceptors (Lipinski definition) is 2. The van der Waals surface area contributed by atoms with Gasteiger partial charge in [-0.2, -0.15) is 0 Å². The van der Waals surface area contributed by atoms with E-state index >= 15 is 0 Å². The van der Waals surface area contributed by atoms with Gasteiger partial charge in [0.05, 0.1) is 10.0 Å². The lowest BCUT2D eigenvalue weighted by Gasteiger charge is -2.12. The predicted octanol–water partition coefficient (Wildman–Crippen LogP) is 5.09. The van der Waals surface area contributed by atoms with Crippen LogP contribution < -0.4 is 10.1 Å². The van der Waals surface area contributed by atoms with Crippen molar-refractivity contribution in [3.05, 3.63) is 70.2 Å². The lowest BCUT2D eigenvalue weighted by Crippen LogP contribution is -2.31. The second-order valence-electron chi connectivity index (χ2n) is 5.70. The second-order valence-corrected chi connectivity index (χ2v) is 6.52. The fourth-order valence-corrected chi connectivity index (χ4v) is 3.21. The van der Waals surface area contributed by atoms with Gasteiger partial charge in [0.1, 0.15) is 5.75 Å². The van der Waals surface area contributed by atoms with Crippen molar-refractivity contribution in [2.24, 2.45) is 0 Å². The number of halogens is 2. The molecule has 3 aromatic rings. The maximum atomic E-state index is 12.5. The Bertz CT molecular complexity index is 955. The molecule has 0 radical (unpaired) electrons. The quantitative estimate of drug-likeness (QED) is 0.693. The highest BCUT2D eigenvalue weighted by Crippen LogP contribution is 2.36. The number of rotatable bonds is 2. The van der Waals surface area contributed by atoms with E-state index in [1.807, 2.05) is 30.3 Å². The minimum Gasteiger partial charge on any atom is -0.479 e. The van der Waals surface area contributed by atoms with Gasteiger partial charge in [0.15, 0.2) is 6.10 Å². The summed E-state index contributed by atoms with van der Waals surface area (Å²) in [7, 11) is 0. The normalized spacial score (nSPS) is 15.8. The zero-order valence-electron chi connectivity index (χ0n) is 12.6. The monoisotopic (exact) mass is 357 g/mol. The minimum atomic E-state index is -0.555. The SMILES string of the molecule is O=C(Nc1ccc(Cl)c(Cl)c1)C1Cc2ccc3ccccc3c2O1. The number of ether oxygens (including phenoxy) is 1. The number of anilines is 1. The molecule has 1 atom stereocenters. The van der Waals surface area contributed by atoms with E-state index in [0.717, 1.165) is 22.1 Å². The molecule has 1 heterocycles. The van der Waals surface area contributed by atoms with Gasteiger partial charge in [-0.25, -0.2) is 0 Å². The van der Waals surface area contributed by atoms with Crippen LogP contribution in [0.5, 0.6) is 5.75 Å². The van der Waals surface area contributed by atoms with Gasteiger partial charge in [0.2, 0.25) is 0 Å². The molecule has 5 heteroatoms. The first kappa shape index (κ1) is 15.3. The molecule has 1 unspecified atom stereocenters. The molecule has 0 aliphatic carbocycles. The van der Waals surface area contributed by atoms with Gasteiger partial charge in [-0.15, -0.1) is 0 Å². The molecule has 0 fully saturated rings. The van der Waals surface area contributed by atoms with Crippen LogP contribution in [0.25, 0.3) is 10.8 Å². The van der Waals surface area contributed by atoms with Crippen LogP contribution in [0, 0.1) is 0 Å². The maximum Gasteiger partial charge on any atom is 0.265 e. The summed E-state index contributed by atoms with van der Waals surface area (Å²) < 4.78 is 5.94. The molecule has 0 saturated heterocycles. The van der Waals surface area contributed by atoms with Crippen molar-refractivity contribution >= 4 is 45.6 Å². The largest absolute Gasteiger partial charge is 0.479 e. The molecule has 4 rings (SSSR count). The number of carbonyl (C=O) groups excluding carboxylic acids is 1. The van der Waals surface area contributed by atoms with Crippen LogP contribution >= 0.6 is 23.2 Å². The smallest absolute Gasteiger partial charge is 0.265 e. The van der Waals surface area contributed by atoms with Crippen LogP contribution in [0.4, 0.5) is 5.69 Å². The molecule has 1 aliphatic heterocycles. The topological polar surface area (TPSA) is 38.3 Å². The van der Waals surface area contributed by atoms with Gasteiger partial charge >= 0.3 is 0 Å². The third-order valence-corrected chi connectivity index (χ3v) is 4.85. The van der Waals surface area contributed by atoms with E-state index < -0.39 is 6.10 Å². The van der Waals surface area contributed by atoms with Crippen molar-refractivity contribution in [3.8, 4) is 5.75 Å². The Hall–Kier alpha value is -2.23. The number of amides is 1. The van der Waals surface area contributed by atoms with E-state index in [2.05, 4.69) is 11.4 Å². The van der Waals surface area contributed by atoms with Crippen LogP contribution in [0.15, 0.2) is 54.6 Å². The van der Waals surface area contributed by atoms with E-state index in [9.17, 15) is 4.79 Å². The number of nitrogens with one attached hydrogen (secondary N) is 1. The molecule has 1 amide bonds. The van der Waals surface area contributed by atoms with Crippen molar-refractivity contribution < 1.29 is 9.53 Å². The summed E-state index contributed by atoms with van der Waals surface area (Å²) in [5.41, 5.74) is 1.64. The molecule has 24 heavy (non-hydrogen) atoms. The van der Waals surface area contributed by atoms with E-state index in [1.165, 1.54) is 0 Å². The summed E-state index contributed by atoms with van der Waals surface area (Å²) in [6, 6.07) is 17.0. The fourth-order valence-electron chi connectivity index (χ4n) is 2.91. The zero-order valence-corrected chi connectivity index (χ0v) is 14.1. The van der Waals surface area contributed by atoms with Gasteiger partial charge in [-0.05, 0) is 29.1 Å². The van der Waals surface area contributed by atoms with Gasteiger partial charge in [0.25, 0.3) is 5.91 Å². The Balaban J connectivity index is 1.56. The average Bonchev–Trinajstić information content (AvgIpc) is 3.03. The number of carbonyl (C=O) groups is 1. The van der Waals surface area contributed by atoms with Crippen LogP contribution in [0.3, 0.4) is 0 Å². The van der Waals surface area contributed by atoms with Crippen LogP contribution in [-0.4, -0.2) is 12.0 Å². The summed E-state index contributed by atoms with van der Waals surface area (Å²) in [6.07, 6.45) is -0.00638. The molecule has 3 nitrogen and oxygen atoms in total. The molecule has 120 valence electrons. The van der Waals surface area contributed by atoms with Crippen molar-refractivity contribution in [1.29, 1.82) is 0 Å². The lowest BCUT2D eigenvalue weighted by atomic mass is 10.0. The Labute approximate surface area is 149 Å². The summed E-state index contributed by atoms with van der Waals surface area (Å²) in [4.78, 5) is 12.5. The second kappa shape index (κ2) is 6.00. The Kier molecular flexibility index (Phi) is 3.83. The number of benzene rings is 3. The summed E-state index contributed by atoms with van der Waals surface area (Å²) >= 11 is 11.9. The standard InChI is InChI=1S/C19H13Cl2NO2/c20-15-8-7-13(10-16(15)21)22-19(23)17-9-12-6-5-11-3-1-2-4-14(11)18(12)24-17/h1-8,10,17H,9H2,(H,22,23). The van der Waals surface area contributed by atoms with Gasteiger partial charge in [0, 0.05) is 17.5 Å². The summed E-state index contributed by atoms with van der Waals surface area (Å²) in [6.45, 7) is 0. The molecule has 1 N–H and O–H groups in total. The molecular formula is C19H13Cl2NO2. The van der Waals surface area contributed by atoms with Crippen LogP contribution in [0.2, 0.25) is 10.0 Å². The van der Waals surface area contributed by atoms with Gasteiger partial charge in [-0.1, -0.05) is 59.6 Å². The Morgan fingerprint density at radius 1 is 1.04 bits per heavy atom. The molecule has 0 saturated carbocycles. The first-order chi connectivity index (χ1) is 11.6. The van der Waals surface area contributed by atoms with E-state index in [-0.39, 0.29) is 5.91 Å². The number of fused-ring (bicyclic) bond motifs is 3. The third kappa shape index (κ3) is 2.70. The highest BCUT2D eigenvalue weighted by Gasteiger charge is 2.30. The maximum absolute atomic E-state index is 12.5. The zero-order chi connectivity index (χ0) is 16.7. The fraction of sp³-hybridized carbons (Fsp3) is 0.105. The average molecular weight is 358 g/mol. The molecule has 0 spiro atoms. The van der Waals surface area contributed by atoms with Gasteiger partial charge < -0.3 is 10.1 Å².